The molecular weight excluding hydrogens is 200 g/mol. The van der Waals surface area contributed by atoms with Gasteiger partial charge >= 0.3 is 0 Å². The number of aryl methyl sites for hydroxylation is 1. The van der Waals surface area contributed by atoms with Gasteiger partial charge in [0.1, 0.15) is 5.82 Å². The van der Waals surface area contributed by atoms with Crippen molar-refractivity contribution in [3.8, 4) is 0 Å². The van der Waals surface area contributed by atoms with E-state index in [0.717, 1.165) is 25.5 Å². The van der Waals surface area contributed by atoms with Crippen molar-refractivity contribution in [3.63, 3.8) is 0 Å². The van der Waals surface area contributed by atoms with E-state index in [1.807, 2.05) is 12.4 Å². The highest BCUT2D eigenvalue weighted by Crippen LogP contribution is 2.21. The second kappa shape index (κ2) is 4.55. The number of aromatic nitrogens is 2. The average Bonchev–Trinajstić information content (AvgIpc) is 2.68. The van der Waals surface area contributed by atoms with E-state index in [1.54, 1.807) is 0 Å². The van der Waals surface area contributed by atoms with E-state index in [4.69, 9.17) is 0 Å². The maximum absolute atomic E-state index is 4.37. The highest BCUT2D eigenvalue weighted by Gasteiger charge is 2.28. The van der Waals surface area contributed by atoms with Crippen LogP contribution in [0.1, 0.15) is 25.6 Å². The van der Waals surface area contributed by atoms with E-state index in [-0.39, 0.29) is 0 Å². The fraction of sp³-hybridized carbons (Fsp3) is 0.750. The van der Waals surface area contributed by atoms with Crippen LogP contribution in [0, 0.1) is 0 Å². The summed E-state index contributed by atoms with van der Waals surface area (Å²) < 4.78 is 2.10. The molecule has 90 valence electrons. The van der Waals surface area contributed by atoms with Gasteiger partial charge in [-0.3, -0.25) is 4.90 Å². The smallest absolute Gasteiger partial charge is 0.122 e. The largest absolute Gasteiger partial charge is 0.337 e. The first-order valence-corrected chi connectivity index (χ1v) is 6.00. The normalized spacial score (nSPS) is 21.2. The number of hydrogen-bond acceptors (Lipinski definition) is 3. The molecule has 0 saturated carbocycles. The number of nitrogens with zero attached hydrogens (tertiary/aromatic N) is 3. The molecule has 0 aliphatic carbocycles. The van der Waals surface area contributed by atoms with Crippen LogP contribution in [-0.4, -0.2) is 40.1 Å². The third kappa shape index (κ3) is 2.44. The van der Waals surface area contributed by atoms with Crippen molar-refractivity contribution in [2.24, 2.45) is 7.05 Å². The van der Waals surface area contributed by atoms with E-state index in [1.165, 1.54) is 12.8 Å². The van der Waals surface area contributed by atoms with E-state index >= 15 is 0 Å². The molecule has 0 spiro atoms. The number of imidazole rings is 1. The summed E-state index contributed by atoms with van der Waals surface area (Å²) in [5, 5.41) is 3.42. The molecule has 1 aliphatic heterocycles. The molecule has 0 aromatic carbocycles. The lowest BCUT2D eigenvalue weighted by molar-refractivity contribution is 0.142. The van der Waals surface area contributed by atoms with E-state index in [9.17, 15) is 0 Å². The molecule has 4 nitrogen and oxygen atoms in total. The standard InChI is InChI=1S/C12H22N4/c1-12(13-2)4-7-16(8-5-12)10-11-14-6-9-15(11)3/h6,9,13H,4-5,7-8,10H2,1-3H3. The van der Waals surface area contributed by atoms with Gasteiger partial charge in [0.05, 0.1) is 6.54 Å². The SMILES string of the molecule is CNC1(C)CCN(Cc2nccn2C)CC1. The van der Waals surface area contributed by atoms with Gasteiger partial charge in [0.15, 0.2) is 0 Å². The van der Waals surface area contributed by atoms with E-state index in [0.29, 0.717) is 5.54 Å². The van der Waals surface area contributed by atoms with Crippen molar-refractivity contribution in [1.29, 1.82) is 0 Å². The maximum atomic E-state index is 4.37. The van der Waals surface area contributed by atoms with Crippen molar-refractivity contribution in [2.45, 2.75) is 31.8 Å². The number of piperidine rings is 1. The molecule has 0 amide bonds. The van der Waals surface area contributed by atoms with Crippen LogP contribution in [0.3, 0.4) is 0 Å². The van der Waals surface area contributed by atoms with Crippen LogP contribution >= 0.6 is 0 Å². The fourth-order valence-electron chi connectivity index (χ4n) is 2.20. The second-order valence-corrected chi connectivity index (χ2v) is 5.04. The zero-order chi connectivity index (χ0) is 11.6. The Hall–Kier alpha value is -0.870. The van der Waals surface area contributed by atoms with Gasteiger partial charge in [-0.15, -0.1) is 0 Å². The van der Waals surface area contributed by atoms with Crippen LogP contribution < -0.4 is 5.32 Å². The molecule has 4 heteroatoms. The summed E-state index contributed by atoms with van der Waals surface area (Å²) in [7, 11) is 4.12. The van der Waals surface area contributed by atoms with Gasteiger partial charge in [-0.25, -0.2) is 4.98 Å². The van der Waals surface area contributed by atoms with Gasteiger partial charge in [0, 0.05) is 38.1 Å². The molecule has 1 N–H and O–H groups in total. The van der Waals surface area contributed by atoms with Gasteiger partial charge < -0.3 is 9.88 Å². The highest BCUT2D eigenvalue weighted by atomic mass is 15.2. The second-order valence-electron chi connectivity index (χ2n) is 5.04. The van der Waals surface area contributed by atoms with Crippen molar-refractivity contribution in [2.75, 3.05) is 20.1 Å². The third-order valence-corrected chi connectivity index (χ3v) is 3.85. The summed E-state index contributed by atoms with van der Waals surface area (Å²) in [4.78, 5) is 6.86. The minimum absolute atomic E-state index is 0.331. The zero-order valence-corrected chi connectivity index (χ0v) is 10.5. The fourth-order valence-corrected chi connectivity index (χ4v) is 2.20. The minimum atomic E-state index is 0.331. The Morgan fingerprint density at radius 3 is 2.62 bits per heavy atom. The van der Waals surface area contributed by atoms with Crippen LogP contribution in [0.5, 0.6) is 0 Å². The summed E-state index contributed by atoms with van der Waals surface area (Å²) in [6.45, 7) is 5.60. The number of rotatable bonds is 3. The first kappa shape index (κ1) is 11.6. The number of likely N-dealkylation sites (tertiary alicyclic amines) is 1. The van der Waals surface area contributed by atoms with Crippen LogP contribution in [0.25, 0.3) is 0 Å². The van der Waals surface area contributed by atoms with Crippen molar-refractivity contribution >= 4 is 0 Å². The monoisotopic (exact) mass is 222 g/mol. The zero-order valence-electron chi connectivity index (χ0n) is 10.5. The maximum Gasteiger partial charge on any atom is 0.122 e. The first-order chi connectivity index (χ1) is 7.63. The molecule has 1 aromatic heterocycles. The van der Waals surface area contributed by atoms with Gasteiger partial charge in [0.25, 0.3) is 0 Å². The molecule has 0 bridgehead atoms. The number of hydrogen-bond donors (Lipinski definition) is 1. The summed E-state index contributed by atoms with van der Waals surface area (Å²) in [6, 6.07) is 0. The van der Waals surface area contributed by atoms with Gasteiger partial charge in [-0.1, -0.05) is 0 Å². The van der Waals surface area contributed by atoms with Crippen molar-refractivity contribution in [1.82, 2.24) is 19.8 Å². The Morgan fingerprint density at radius 1 is 1.44 bits per heavy atom. The Morgan fingerprint density at radius 2 is 2.12 bits per heavy atom. The molecule has 0 radical (unpaired) electrons. The lowest BCUT2D eigenvalue weighted by Crippen LogP contribution is -2.49. The summed E-state index contributed by atoms with van der Waals surface area (Å²) in [5.74, 6) is 1.16. The predicted molar refractivity (Wildman–Crippen MR) is 65.2 cm³/mol. The molecule has 1 fully saturated rings. The highest BCUT2D eigenvalue weighted by molar-refractivity contribution is 4.94. The molecule has 0 unspecified atom stereocenters. The third-order valence-electron chi connectivity index (χ3n) is 3.85. The molecule has 1 aliphatic rings. The molecule has 2 heterocycles. The van der Waals surface area contributed by atoms with E-state index in [2.05, 4.69) is 40.8 Å². The number of nitrogens with one attached hydrogen (secondary N) is 1. The van der Waals surface area contributed by atoms with Gasteiger partial charge in [0.2, 0.25) is 0 Å². The Labute approximate surface area is 97.7 Å². The lowest BCUT2D eigenvalue weighted by Gasteiger charge is -2.39. The summed E-state index contributed by atoms with van der Waals surface area (Å²) in [5.41, 5.74) is 0.331. The summed E-state index contributed by atoms with van der Waals surface area (Å²) >= 11 is 0. The first-order valence-electron chi connectivity index (χ1n) is 6.00. The molecule has 2 rings (SSSR count). The molecule has 1 aromatic rings. The topological polar surface area (TPSA) is 33.1 Å². The average molecular weight is 222 g/mol. The van der Waals surface area contributed by atoms with Crippen LogP contribution in [0.4, 0.5) is 0 Å². The van der Waals surface area contributed by atoms with Crippen molar-refractivity contribution < 1.29 is 0 Å². The van der Waals surface area contributed by atoms with Crippen molar-refractivity contribution in [3.05, 3.63) is 18.2 Å². The molecular formula is C12H22N4. The lowest BCUT2D eigenvalue weighted by atomic mass is 9.90. The van der Waals surface area contributed by atoms with E-state index < -0.39 is 0 Å². The van der Waals surface area contributed by atoms with Crippen LogP contribution in [0.15, 0.2) is 12.4 Å². The predicted octanol–water partition coefficient (Wildman–Crippen LogP) is 0.994. The van der Waals surface area contributed by atoms with Crippen LogP contribution in [0.2, 0.25) is 0 Å². The molecule has 1 saturated heterocycles. The molecule has 0 atom stereocenters. The Balaban J connectivity index is 1.88. The summed E-state index contributed by atoms with van der Waals surface area (Å²) in [6.07, 6.45) is 6.32. The molecule has 16 heavy (non-hydrogen) atoms. The van der Waals surface area contributed by atoms with Gasteiger partial charge in [-0.05, 0) is 26.8 Å². The van der Waals surface area contributed by atoms with Gasteiger partial charge in [-0.2, -0.15) is 0 Å². The Kier molecular flexibility index (Phi) is 3.30. The minimum Gasteiger partial charge on any atom is -0.337 e. The van der Waals surface area contributed by atoms with Crippen LogP contribution in [-0.2, 0) is 13.6 Å². The Bertz CT molecular complexity index is 337. The quantitative estimate of drug-likeness (QED) is 0.828.